The van der Waals surface area contributed by atoms with E-state index in [1.807, 2.05) is 6.92 Å². The van der Waals surface area contributed by atoms with Gasteiger partial charge in [-0.05, 0) is 32.9 Å². The molecule has 2 aromatic rings. The molecule has 2 N–H and O–H groups in total. The SMILES string of the molecule is Cc1oc(C)c(C(=O)Nc2cc(Cl)c(O)c(Cl)c2)c1C. The van der Waals surface area contributed by atoms with Crippen LogP contribution in [-0.4, -0.2) is 11.0 Å². The second-order valence-electron chi connectivity index (χ2n) is 4.46. The number of benzene rings is 1. The summed E-state index contributed by atoms with van der Waals surface area (Å²) in [6.07, 6.45) is 0. The van der Waals surface area contributed by atoms with Crippen molar-refractivity contribution in [1.82, 2.24) is 0 Å². The molecule has 0 saturated heterocycles. The molecule has 20 heavy (non-hydrogen) atoms. The van der Waals surface area contributed by atoms with Crippen LogP contribution in [0, 0.1) is 20.8 Å². The maximum atomic E-state index is 12.3. The van der Waals surface area contributed by atoms with Gasteiger partial charge >= 0.3 is 0 Å². The zero-order valence-electron chi connectivity index (χ0n) is 11.2. The molecule has 106 valence electrons. The Hall–Kier alpha value is -1.65. The first-order valence-corrected chi connectivity index (χ1v) is 6.62. The number of amides is 1. The molecule has 1 aromatic carbocycles. The summed E-state index contributed by atoms with van der Waals surface area (Å²) in [6.45, 7) is 5.34. The van der Waals surface area contributed by atoms with Crippen LogP contribution in [0.2, 0.25) is 10.0 Å². The molecule has 0 fully saturated rings. The first-order valence-electron chi connectivity index (χ1n) is 5.87. The summed E-state index contributed by atoms with van der Waals surface area (Å²) < 4.78 is 5.42. The molecule has 0 aliphatic heterocycles. The molecule has 0 radical (unpaired) electrons. The number of furan rings is 1. The average molecular weight is 314 g/mol. The Balaban J connectivity index is 2.33. The van der Waals surface area contributed by atoms with Gasteiger partial charge in [-0.1, -0.05) is 23.2 Å². The van der Waals surface area contributed by atoms with Gasteiger partial charge in [-0.2, -0.15) is 0 Å². The number of carbonyl (C=O) groups is 1. The summed E-state index contributed by atoms with van der Waals surface area (Å²) >= 11 is 11.6. The van der Waals surface area contributed by atoms with Gasteiger partial charge in [0.15, 0.2) is 5.75 Å². The molecule has 1 amide bonds. The van der Waals surface area contributed by atoms with Crippen molar-refractivity contribution in [3.63, 3.8) is 0 Å². The van der Waals surface area contributed by atoms with E-state index < -0.39 is 0 Å². The van der Waals surface area contributed by atoms with Gasteiger partial charge in [-0.3, -0.25) is 4.79 Å². The molecular formula is C14H13Cl2NO3. The Morgan fingerprint density at radius 3 is 2.15 bits per heavy atom. The van der Waals surface area contributed by atoms with Crippen LogP contribution < -0.4 is 5.32 Å². The third-order valence-corrected chi connectivity index (χ3v) is 3.64. The molecular weight excluding hydrogens is 301 g/mol. The number of carbonyl (C=O) groups excluding carboxylic acids is 1. The Morgan fingerprint density at radius 2 is 1.70 bits per heavy atom. The van der Waals surface area contributed by atoms with Crippen LogP contribution in [0.1, 0.15) is 27.4 Å². The number of phenolic OH excluding ortho intramolecular Hbond substituents is 1. The Labute approximate surface area is 126 Å². The van der Waals surface area contributed by atoms with Crippen LogP contribution in [0.25, 0.3) is 0 Å². The summed E-state index contributed by atoms with van der Waals surface area (Å²) in [6, 6.07) is 2.86. The highest BCUT2D eigenvalue weighted by Crippen LogP contribution is 2.35. The number of nitrogens with one attached hydrogen (secondary N) is 1. The minimum atomic E-state index is -0.310. The maximum absolute atomic E-state index is 12.3. The lowest BCUT2D eigenvalue weighted by molar-refractivity contribution is 0.102. The first-order chi connectivity index (χ1) is 9.31. The van der Waals surface area contributed by atoms with Crippen LogP contribution in [0.3, 0.4) is 0 Å². The fourth-order valence-corrected chi connectivity index (χ4v) is 2.45. The van der Waals surface area contributed by atoms with Gasteiger partial charge < -0.3 is 14.8 Å². The highest BCUT2D eigenvalue weighted by Gasteiger charge is 2.19. The number of aryl methyl sites for hydroxylation is 2. The van der Waals surface area contributed by atoms with Crippen molar-refractivity contribution in [2.45, 2.75) is 20.8 Å². The van der Waals surface area contributed by atoms with Gasteiger partial charge in [0.2, 0.25) is 0 Å². The van der Waals surface area contributed by atoms with E-state index in [2.05, 4.69) is 5.32 Å². The van der Waals surface area contributed by atoms with Crippen LogP contribution in [0.4, 0.5) is 5.69 Å². The monoisotopic (exact) mass is 313 g/mol. The lowest BCUT2D eigenvalue weighted by Gasteiger charge is -2.08. The summed E-state index contributed by atoms with van der Waals surface area (Å²) in [5, 5.41) is 12.3. The predicted octanol–water partition coefficient (Wildman–Crippen LogP) is 4.47. The Morgan fingerprint density at radius 1 is 1.15 bits per heavy atom. The van der Waals surface area contributed by atoms with E-state index >= 15 is 0 Å². The maximum Gasteiger partial charge on any atom is 0.259 e. The van der Waals surface area contributed by atoms with Crippen molar-refractivity contribution in [2.75, 3.05) is 5.32 Å². The normalized spacial score (nSPS) is 10.7. The Kier molecular flexibility index (Phi) is 3.97. The number of hydrogen-bond acceptors (Lipinski definition) is 3. The highest BCUT2D eigenvalue weighted by atomic mass is 35.5. The predicted molar refractivity (Wildman–Crippen MR) is 79.0 cm³/mol. The van der Waals surface area contributed by atoms with Gasteiger partial charge in [0.1, 0.15) is 11.5 Å². The summed E-state index contributed by atoms with van der Waals surface area (Å²) in [5.74, 6) is 0.732. The number of anilines is 1. The van der Waals surface area contributed by atoms with Crippen molar-refractivity contribution < 1.29 is 14.3 Å². The molecule has 2 rings (SSSR count). The number of aromatic hydroxyl groups is 1. The third-order valence-electron chi connectivity index (χ3n) is 3.06. The molecule has 1 heterocycles. The summed E-state index contributed by atoms with van der Waals surface area (Å²) in [7, 11) is 0. The fraction of sp³-hybridized carbons (Fsp3) is 0.214. The molecule has 4 nitrogen and oxygen atoms in total. The molecule has 6 heteroatoms. The zero-order valence-corrected chi connectivity index (χ0v) is 12.7. The highest BCUT2D eigenvalue weighted by molar-refractivity contribution is 6.37. The second-order valence-corrected chi connectivity index (χ2v) is 5.27. The molecule has 0 spiro atoms. The topological polar surface area (TPSA) is 62.5 Å². The lowest BCUT2D eigenvalue weighted by Crippen LogP contribution is -2.13. The molecule has 0 unspecified atom stereocenters. The smallest absolute Gasteiger partial charge is 0.259 e. The van der Waals surface area contributed by atoms with Gasteiger partial charge in [-0.15, -0.1) is 0 Å². The van der Waals surface area contributed by atoms with Crippen LogP contribution in [0.15, 0.2) is 16.5 Å². The number of phenols is 1. The van der Waals surface area contributed by atoms with Crippen molar-refractivity contribution in [3.05, 3.63) is 44.8 Å². The van der Waals surface area contributed by atoms with Gasteiger partial charge in [-0.25, -0.2) is 0 Å². The molecule has 0 aliphatic rings. The third kappa shape index (κ3) is 2.62. The molecule has 0 atom stereocenters. The minimum absolute atomic E-state index is 0.0737. The number of halogens is 2. The van der Waals surface area contributed by atoms with E-state index in [0.29, 0.717) is 22.8 Å². The lowest BCUT2D eigenvalue weighted by atomic mass is 10.1. The molecule has 0 bridgehead atoms. The van der Waals surface area contributed by atoms with Crippen LogP contribution in [-0.2, 0) is 0 Å². The van der Waals surface area contributed by atoms with Gasteiger partial charge in [0.05, 0.1) is 15.6 Å². The molecule has 0 aliphatic carbocycles. The summed E-state index contributed by atoms with van der Waals surface area (Å²) in [5.41, 5.74) is 1.68. The largest absolute Gasteiger partial charge is 0.505 e. The second kappa shape index (κ2) is 5.38. The quantitative estimate of drug-likeness (QED) is 0.804. The van der Waals surface area contributed by atoms with Crippen LogP contribution in [0.5, 0.6) is 5.75 Å². The van der Waals surface area contributed by atoms with E-state index in [0.717, 1.165) is 5.56 Å². The summed E-state index contributed by atoms with van der Waals surface area (Å²) in [4.78, 5) is 12.3. The van der Waals surface area contributed by atoms with E-state index in [-0.39, 0.29) is 21.7 Å². The van der Waals surface area contributed by atoms with Gasteiger partial charge in [0.25, 0.3) is 5.91 Å². The van der Waals surface area contributed by atoms with E-state index in [9.17, 15) is 9.90 Å². The average Bonchev–Trinajstić information content (AvgIpc) is 2.60. The van der Waals surface area contributed by atoms with Crippen molar-refractivity contribution in [1.29, 1.82) is 0 Å². The van der Waals surface area contributed by atoms with Crippen LogP contribution >= 0.6 is 23.2 Å². The standard InChI is InChI=1S/C14H13Cl2NO3/c1-6-7(2)20-8(3)12(6)14(19)17-9-4-10(15)13(18)11(16)5-9/h4-5,18H,1-3H3,(H,17,19). The van der Waals surface area contributed by atoms with E-state index in [4.69, 9.17) is 27.6 Å². The van der Waals surface area contributed by atoms with Crippen molar-refractivity contribution >= 4 is 34.8 Å². The first kappa shape index (κ1) is 14.8. The molecule has 0 saturated carbocycles. The number of rotatable bonds is 2. The Bertz CT molecular complexity index is 669. The van der Waals surface area contributed by atoms with Gasteiger partial charge in [0, 0.05) is 11.3 Å². The van der Waals surface area contributed by atoms with E-state index in [1.54, 1.807) is 13.8 Å². The van der Waals surface area contributed by atoms with Crippen molar-refractivity contribution in [2.24, 2.45) is 0 Å². The van der Waals surface area contributed by atoms with Crippen molar-refractivity contribution in [3.8, 4) is 5.75 Å². The number of hydrogen-bond donors (Lipinski definition) is 2. The van der Waals surface area contributed by atoms with E-state index in [1.165, 1.54) is 12.1 Å². The molecule has 1 aromatic heterocycles. The zero-order chi connectivity index (χ0) is 15.0. The fourth-order valence-electron chi connectivity index (χ4n) is 1.96. The minimum Gasteiger partial charge on any atom is -0.505 e.